The van der Waals surface area contributed by atoms with E-state index in [2.05, 4.69) is 12.1 Å². The van der Waals surface area contributed by atoms with Crippen molar-refractivity contribution in [2.24, 2.45) is 11.7 Å². The van der Waals surface area contributed by atoms with Crippen molar-refractivity contribution in [3.05, 3.63) is 28.8 Å². The number of nitrogens with two attached hydrogens (primary N) is 1. The van der Waals surface area contributed by atoms with Gasteiger partial charge in [0, 0.05) is 25.6 Å². The van der Waals surface area contributed by atoms with Gasteiger partial charge in [-0.2, -0.15) is 0 Å². The summed E-state index contributed by atoms with van der Waals surface area (Å²) < 4.78 is 5.38. The molecular weight excluding hydrogens is 264 g/mol. The summed E-state index contributed by atoms with van der Waals surface area (Å²) in [6.07, 6.45) is 2.71. The number of aryl methyl sites for hydroxylation is 2. The predicted octanol–water partition coefficient (Wildman–Crippen LogP) is 2.40. The standard InChI is InChI=1S/C17H26N2O2/c1-11-7-13(8-12(2)16(11)21-4)10-19(3)17(20)14-5-6-15(18)9-14/h7-8,14-15H,5-6,9-10,18H2,1-4H3/t14-,15+/m0/s1. The maximum Gasteiger partial charge on any atom is 0.225 e. The predicted molar refractivity (Wildman–Crippen MR) is 84.3 cm³/mol. The first-order valence-electron chi connectivity index (χ1n) is 7.57. The topological polar surface area (TPSA) is 55.6 Å². The normalized spacial score (nSPS) is 21.4. The summed E-state index contributed by atoms with van der Waals surface area (Å²) in [6, 6.07) is 4.38. The Balaban J connectivity index is 2.05. The van der Waals surface area contributed by atoms with Gasteiger partial charge < -0.3 is 15.4 Å². The maximum absolute atomic E-state index is 12.4. The summed E-state index contributed by atoms with van der Waals surface area (Å²) in [6.45, 7) is 4.70. The van der Waals surface area contributed by atoms with Crippen LogP contribution in [0.2, 0.25) is 0 Å². The quantitative estimate of drug-likeness (QED) is 0.926. The molecule has 0 heterocycles. The molecule has 1 amide bonds. The number of carbonyl (C=O) groups is 1. The van der Waals surface area contributed by atoms with Crippen molar-refractivity contribution >= 4 is 5.91 Å². The van der Waals surface area contributed by atoms with E-state index >= 15 is 0 Å². The van der Waals surface area contributed by atoms with Gasteiger partial charge in [-0.05, 0) is 49.8 Å². The zero-order valence-electron chi connectivity index (χ0n) is 13.5. The highest BCUT2D eigenvalue weighted by Crippen LogP contribution is 2.28. The third kappa shape index (κ3) is 3.56. The lowest BCUT2D eigenvalue weighted by atomic mass is 10.0. The minimum Gasteiger partial charge on any atom is -0.496 e. The summed E-state index contributed by atoms with van der Waals surface area (Å²) in [5, 5.41) is 0. The fourth-order valence-electron chi connectivity index (χ4n) is 3.36. The van der Waals surface area contributed by atoms with E-state index < -0.39 is 0 Å². The van der Waals surface area contributed by atoms with Crippen LogP contribution in [-0.4, -0.2) is 31.0 Å². The molecule has 2 N–H and O–H groups in total. The molecule has 21 heavy (non-hydrogen) atoms. The van der Waals surface area contributed by atoms with E-state index in [1.54, 1.807) is 7.11 Å². The number of benzene rings is 1. The highest BCUT2D eigenvalue weighted by atomic mass is 16.5. The summed E-state index contributed by atoms with van der Waals surface area (Å²) in [5.74, 6) is 1.24. The molecule has 1 fully saturated rings. The highest BCUT2D eigenvalue weighted by molar-refractivity contribution is 5.79. The molecule has 1 aromatic carbocycles. The van der Waals surface area contributed by atoms with Gasteiger partial charge in [-0.1, -0.05) is 12.1 Å². The van der Waals surface area contributed by atoms with Crippen LogP contribution in [0.4, 0.5) is 0 Å². The second kappa shape index (κ2) is 6.48. The minimum absolute atomic E-state index is 0.102. The van der Waals surface area contributed by atoms with Gasteiger partial charge in [-0.25, -0.2) is 0 Å². The lowest BCUT2D eigenvalue weighted by molar-refractivity contribution is -0.134. The third-order valence-corrected chi connectivity index (χ3v) is 4.34. The van der Waals surface area contributed by atoms with Crippen LogP contribution in [0.1, 0.15) is 36.0 Å². The maximum atomic E-state index is 12.4. The second-order valence-corrected chi connectivity index (χ2v) is 6.23. The van der Waals surface area contributed by atoms with Crippen LogP contribution in [0.15, 0.2) is 12.1 Å². The van der Waals surface area contributed by atoms with Gasteiger partial charge in [0.25, 0.3) is 0 Å². The first-order chi connectivity index (χ1) is 9.92. The Morgan fingerprint density at radius 2 is 1.95 bits per heavy atom. The van der Waals surface area contributed by atoms with E-state index in [1.165, 1.54) is 0 Å². The molecule has 1 aliphatic rings. The molecule has 0 bridgehead atoms. The van der Waals surface area contributed by atoms with Gasteiger partial charge in [-0.15, -0.1) is 0 Å². The average molecular weight is 290 g/mol. The number of rotatable bonds is 4. The van der Waals surface area contributed by atoms with Gasteiger partial charge in [0.15, 0.2) is 0 Å². The Morgan fingerprint density at radius 1 is 1.33 bits per heavy atom. The summed E-state index contributed by atoms with van der Waals surface area (Å²) in [4.78, 5) is 14.3. The van der Waals surface area contributed by atoms with E-state index in [9.17, 15) is 4.79 Å². The molecule has 1 aliphatic carbocycles. The van der Waals surface area contributed by atoms with Crippen molar-refractivity contribution in [2.45, 2.75) is 45.7 Å². The summed E-state index contributed by atoms with van der Waals surface area (Å²) in [7, 11) is 3.56. The van der Waals surface area contributed by atoms with Crippen LogP contribution < -0.4 is 10.5 Å². The lowest BCUT2D eigenvalue weighted by Gasteiger charge is -2.22. The lowest BCUT2D eigenvalue weighted by Crippen LogP contribution is -2.32. The Hall–Kier alpha value is -1.55. The molecule has 1 saturated carbocycles. The van der Waals surface area contributed by atoms with Crippen molar-refractivity contribution in [3.8, 4) is 5.75 Å². The Bertz CT molecular complexity index is 505. The number of carbonyl (C=O) groups excluding carboxylic acids is 1. The fraction of sp³-hybridized carbons (Fsp3) is 0.588. The van der Waals surface area contributed by atoms with Gasteiger partial charge in [-0.3, -0.25) is 4.79 Å². The summed E-state index contributed by atoms with van der Waals surface area (Å²) >= 11 is 0. The van der Waals surface area contributed by atoms with E-state index in [-0.39, 0.29) is 17.9 Å². The number of hydrogen-bond acceptors (Lipinski definition) is 3. The van der Waals surface area contributed by atoms with Crippen molar-refractivity contribution in [2.75, 3.05) is 14.2 Å². The molecule has 4 nitrogen and oxygen atoms in total. The molecule has 1 aromatic rings. The Morgan fingerprint density at radius 3 is 2.43 bits per heavy atom. The Labute approximate surface area is 127 Å². The van der Waals surface area contributed by atoms with Gasteiger partial charge >= 0.3 is 0 Å². The number of methoxy groups -OCH3 is 1. The first kappa shape index (κ1) is 15.8. The van der Waals surface area contributed by atoms with Crippen molar-refractivity contribution in [3.63, 3.8) is 0 Å². The average Bonchev–Trinajstić information content (AvgIpc) is 2.84. The van der Waals surface area contributed by atoms with Gasteiger partial charge in [0.05, 0.1) is 7.11 Å². The SMILES string of the molecule is COc1c(C)cc(CN(C)C(=O)[C@H]2CC[C@@H](N)C2)cc1C. The number of nitrogens with zero attached hydrogens (tertiary/aromatic N) is 1. The zero-order chi connectivity index (χ0) is 15.6. The van der Waals surface area contributed by atoms with Crippen LogP contribution >= 0.6 is 0 Å². The smallest absolute Gasteiger partial charge is 0.225 e. The first-order valence-corrected chi connectivity index (χ1v) is 7.57. The molecule has 116 valence electrons. The van der Waals surface area contributed by atoms with Crippen LogP contribution in [0.25, 0.3) is 0 Å². The molecule has 0 unspecified atom stereocenters. The number of amides is 1. The number of hydrogen-bond donors (Lipinski definition) is 1. The Kier molecular flexibility index (Phi) is 4.88. The van der Waals surface area contributed by atoms with Crippen molar-refractivity contribution in [1.29, 1.82) is 0 Å². The number of ether oxygens (including phenoxy) is 1. The molecule has 0 aliphatic heterocycles. The van der Waals surface area contributed by atoms with Crippen LogP contribution in [0.5, 0.6) is 5.75 Å². The second-order valence-electron chi connectivity index (χ2n) is 6.23. The molecular formula is C17H26N2O2. The fourth-order valence-corrected chi connectivity index (χ4v) is 3.36. The molecule has 4 heteroatoms. The molecule has 2 atom stereocenters. The van der Waals surface area contributed by atoms with Crippen molar-refractivity contribution < 1.29 is 9.53 Å². The van der Waals surface area contributed by atoms with E-state index in [1.807, 2.05) is 25.8 Å². The molecule has 0 spiro atoms. The third-order valence-electron chi connectivity index (χ3n) is 4.34. The summed E-state index contributed by atoms with van der Waals surface area (Å²) in [5.41, 5.74) is 9.26. The monoisotopic (exact) mass is 290 g/mol. The van der Waals surface area contributed by atoms with Crippen LogP contribution in [0, 0.1) is 19.8 Å². The highest BCUT2D eigenvalue weighted by Gasteiger charge is 2.29. The molecule has 0 aromatic heterocycles. The van der Waals surface area contributed by atoms with Gasteiger partial charge in [0.1, 0.15) is 5.75 Å². The molecule has 2 rings (SSSR count). The van der Waals surface area contributed by atoms with Crippen LogP contribution in [-0.2, 0) is 11.3 Å². The van der Waals surface area contributed by atoms with E-state index in [0.29, 0.717) is 6.54 Å². The minimum atomic E-state index is 0.102. The van der Waals surface area contributed by atoms with Gasteiger partial charge in [0.2, 0.25) is 5.91 Å². The zero-order valence-corrected chi connectivity index (χ0v) is 13.5. The molecule has 0 radical (unpaired) electrons. The van der Waals surface area contributed by atoms with Crippen LogP contribution in [0.3, 0.4) is 0 Å². The molecule has 0 saturated heterocycles. The van der Waals surface area contributed by atoms with Crippen molar-refractivity contribution in [1.82, 2.24) is 4.90 Å². The van der Waals surface area contributed by atoms with E-state index in [4.69, 9.17) is 10.5 Å². The largest absolute Gasteiger partial charge is 0.496 e. The van der Waals surface area contributed by atoms with E-state index in [0.717, 1.165) is 41.7 Å².